The molecule has 1 aliphatic heterocycles. The van der Waals surface area contributed by atoms with Gasteiger partial charge in [-0.3, -0.25) is 14.4 Å². The van der Waals surface area contributed by atoms with Crippen LogP contribution in [0.25, 0.3) is 0 Å². The predicted molar refractivity (Wildman–Crippen MR) is 107 cm³/mol. The molecule has 1 fully saturated rings. The van der Waals surface area contributed by atoms with Crippen molar-refractivity contribution >= 4 is 23.4 Å². The Morgan fingerprint density at radius 2 is 1.75 bits per heavy atom. The number of rotatable bonds is 7. The second kappa shape index (κ2) is 9.17. The summed E-state index contributed by atoms with van der Waals surface area (Å²) in [5.41, 5.74) is 2.84. The summed E-state index contributed by atoms with van der Waals surface area (Å²) >= 11 is 0. The van der Waals surface area contributed by atoms with Crippen LogP contribution in [0.2, 0.25) is 0 Å². The zero-order valence-corrected chi connectivity index (χ0v) is 16.0. The van der Waals surface area contributed by atoms with Crippen molar-refractivity contribution in [3.05, 3.63) is 65.7 Å². The van der Waals surface area contributed by atoms with Crippen LogP contribution < -0.4 is 10.6 Å². The molecule has 0 bridgehead atoms. The second-order valence-corrected chi connectivity index (χ2v) is 7.07. The van der Waals surface area contributed by atoms with Gasteiger partial charge in [0.25, 0.3) is 0 Å². The number of hydrogen-bond acceptors (Lipinski definition) is 3. The minimum atomic E-state index is -0.304. The van der Waals surface area contributed by atoms with E-state index in [-0.39, 0.29) is 30.1 Å². The van der Waals surface area contributed by atoms with Crippen LogP contribution in [0, 0.1) is 5.92 Å². The first-order valence-electron chi connectivity index (χ1n) is 9.47. The zero-order valence-electron chi connectivity index (χ0n) is 16.0. The average molecular weight is 379 g/mol. The van der Waals surface area contributed by atoms with E-state index in [9.17, 15) is 14.4 Å². The number of amides is 3. The van der Waals surface area contributed by atoms with Gasteiger partial charge in [-0.15, -0.1) is 0 Å². The highest BCUT2D eigenvalue weighted by atomic mass is 16.2. The minimum absolute atomic E-state index is 0.0377. The fraction of sp³-hybridized carbons (Fsp3) is 0.318. The average Bonchev–Trinajstić information content (AvgIpc) is 3.07. The lowest BCUT2D eigenvalue weighted by Crippen LogP contribution is -2.33. The molecule has 2 aromatic rings. The Hall–Kier alpha value is -3.15. The van der Waals surface area contributed by atoms with Crippen molar-refractivity contribution in [3.63, 3.8) is 0 Å². The van der Waals surface area contributed by atoms with Gasteiger partial charge in [-0.2, -0.15) is 0 Å². The summed E-state index contributed by atoms with van der Waals surface area (Å²) in [6.07, 6.45) is 1.06. The Morgan fingerprint density at radius 3 is 2.43 bits per heavy atom. The molecule has 2 N–H and O–H groups in total. The molecule has 0 aromatic heterocycles. The number of benzene rings is 2. The van der Waals surface area contributed by atoms with Crippen LogP contribution in [0.1, 0.15) is 24.5 Å². The van der Waals surface area contributed by atoms with Crippen LogP contribution in [-0.2, 0) is 27.3 Å². The number of nitrogens with zero attached hydrogens (tertiary/aromatic N) is 1. The maximum absolute atomic E-state index is 12.4. The van der Waals surface area contributed by atoms with Gasteiger partial charge in [-0.05, 0) is 29.7 Å². The van der Waals surface area contributed by atoms with Crippen LogP contribution in [0.4, 0.5) is 5.69 Å². The first-order chi connectivity index (χ1) is 13.5. The predicted octanol–water partition coefficient (Wildman–Crippen LogP) is 2.35. The van der Waals surface area contributed by atoms with Crippen molar-refractivity contribution in [3.8, 4) is 0 Å². The van der Waals surface area contributed by atoms with E-state index >= 15 is 0 Å². The minimum Gasteiger partial charge on any atom is -0.352 e. The quantitative estimate of drug-likeness (QED) is 0.775. The molecule has 3 rings (SSSR count). The summed E-state index contributed by atoms with van der Waals surface area (Å²) in [5, 5.41) is 5.62. The van der Waals surface area contributed by atoms with Crippen LogP contribution in [0.15, 0.2) is 54.6 Å². The highest BCUT2D eigenvalue weighted by Gasteiger charge is 2.33. The molecule has 0 unspecified atom stereocenters. The Bertz CT molecular complexity index is 834. The van der Waals surface area contributed by atoms with Crippen LogP contribution in [-0.4, -0.2) is 35.7 Å². The van der Waals surface area contributed by atoms with E-state index in [2.05, 4.69) is 10.6 Å². The van der Waals surface area contributed by atoms with Gasteiger partial charge in [0.1, 0.15) is 0 Å². The summed E-state index contributed by atoms with van der Waals surface area (Å²) in [5.74, 6) is -0.483. The SMILES string of the molecule is CC(=O)Nc1ccc(CNC(=O)[C@@H]2CC(=O)N(CCc3ccccc3)C2)cc1. The summed E-state index contributed by atoms with van der Waals surface area (Å²) in [6, 6.07) is 17.3. The first-order valence-corrected chi connectivity index (χ1v) is 9.47. The lowest BCUT2D eigenvalue weighted by Gasteiger charge is -2.16. The zero-order chi connectivity index (χ0) is 19.9. The Morgan fingerprint density at radius 1 is 1.04 bits per heavy atom. The lowest BCUT2D eigenvalue weighted by molar-refractivity contribution is -0.129. The van der Waals surface area contributed by atoms with Gasteiger partial charge in [-0.25, -0.2) is 0 Å². The molecule has 6 heteroatoms. The third kappa shape index (κ3) is 5.42. The summed E-state index contributed by atoms with van der Waals surface area (Å²) in [6.45, 7) is 2.96. The largest absolute Gasteiger partial charge is 0.352 e. The molecule has 6 nitrogen and oxygen atoms in total. The van der Waals surface area contributed by atoms with Crippen molar-refractivity contribution in [2.24, 2.45) is 5.92 Å². The molecule has 146 valence electrons. The van der Waals surface area contributed by atoms with E-state index in [1.807, 2.05) is 42.5 Å². The molecule has 0 aliphatic carbocycles. The van der Waals surface area contributed by atoms with Gasteiger partial charge in [0, 0.05) is 38.7 Å². The molecule has 1 aliphatic rings. The van der Waals surface area contributed by atoms with E-state index in [1.165, 1.54) is 12.5 Å². The van der Waals surface area contributed by atoms with E-state index in [1.54, 1.807) is 17.0 Å². The monoisotopic (exact) mass is 379 g/mol. The van der Waals surface area contributed by atoms with Gasteiger partial charge < -0.3 is 15.5 Å². The number of carbonyl (C=O) groups is 3. The van der Waals surface area contributed by atoms with Gasteiger partial charge in [0.15, 0.2) is 0 Å². The normalized spacial score (nSPS) is 16.1. The first kappa shape index (κ1) is 19.6. The van der Waals surface area contributed by atoms with Crippen LogP contribution in [0.5, 0.6) is 0 Å². The molecule has 0 radical (unpaired) electrons. The second-order valence-electron chi connectivity index (χ2n) is 7.07. The molecule has 3 amide bonds. The van der Waals surface area contributed by atoms with Crippen molar-refractivity contribution in [1.82, 2.24) is 10.2 Å². The number of likely N-dealkylation sites (tertiary alicyclic amines) is 1. The highest BCUT2D eigenvalue weighted by molar-refractivity contribution is 5.89. The molecule has 2 aromatic carbocycles. The van der Waals surface area contributed by atoms with Crippen molar-refractivity contribution < 1.29 is 14.4 Å². The summed E-state index contributed by atoms with van der Waals surface area (Å²) < 4.78 is 0. The maximum Gasteiger partial charge on any atom is 0.225 e. The van der Waals surface area contributed by atoms with Crippen molar-refractivity contribution in [2.45, 2.75) is 26.3 Å². The summed E-state index contributed by atoms with van der Waals surface area (Å²) in [4.78, 5) is 37.5. The standard InChI is InChI=1S/C22H25N3O3/c1-16(26)24-20-9-7-18(8-10-20)14-23-22(28)19-13-21(27)25(15-19)12-11-17-5-3-2-4-6-17/h2-10,19H,11-15H2,1H3,(H,23,28)(H,24,26)/t19-/m1/s1. The Balaban J connectivity index is 1.45. The molecule has 28 heavy (non-hydrogen) atoms. The lowest BCUT2D eigenvalue weighted by atomic mass is 10.1. The van der Waals surface area contributed by atoms with E-state index in [0.717, 1.165) is 17.7 Å². The number of hydrogen-bond donors (Lipinski definition) is 2. The van der Waals surface area contributed by atoms with Gasteiger partial charge in [0.05, 0.1) is 5.92 Å². The Labute approximate surface area is 164 Å². The smallest absolute Gasteiger partial charge is 0.225 e. The summed E-state index contributed by atoms with van der Waals surface area (Å²) in [7, 11) is 0. The number of carbonyl (C=O) groups excluding carboxylic acids is 3. The van der Waals surface area contributed by atoms with Gasteiger partial charge >= 0.3 is 0 Å². The fourth-order valence-corrected chi connectivity index (χ4v) is 3.32. The third-order valence-corrected chi connectivity index (χ3v) is 4.84. The molecular formula is C22H25N3O3. The fourth-order valence-electron chi connectivity index (χ4n) is 3.32. The third-order valence-electron chi connectivity index (χ3n) is 4.84. The van der Waals surface area contributed by atoms with E-state index in [4.69, 9.17) is 0 Å². The number of anilines is 1. The van der Waals surface area contributed by atoms with Crippen molar-refractivity contribution in [2.75, 3.05) is 18.4 Å². The van der Waals surface area contributed by atoms with Gasteiger partial charge in [-0.1, -0.05) is 42.5 Å². The van der Waals surface area contributed by atoms with E-state index in [0.29, 0.717) is 19.6 Å². The van der Waals surface area contributed by atoms with E-state index < -0.39 is 0 Å². The van der Waals surface area contributed by atoms with Crippen LogP contribution in [0.3, 0.4) is 0 Å². The maximum atomic E-state index is 12.4. The Kier molecular flexibility index (Phi) is 6.42. The molecule has 0 spiro atoms. The molecule has 1 saturated heterocycles. The number of nitrogens with one attached hydrogen (secondary N) is 2. The van der Waals surface area contributed by atoms with Crippen LogP contribution >= 0.6 is 0 Å². The highest BCUT2D eigenvalue weighted by Crippen LogP contribution is 2.19. The molecule has 1 heterocycles. The molecule has 1 atom stereocenters. The molecular weight excluding hydrogens is 354 g/mol. The molecule has 0 saturated carbocycles. The van der Waals surface area contributed by atoms with Crippen molar-refractivity contribution in [1.29, 1.82) is 0 Å². The topological polar surface area (TPSA) is 78.5 Å². The van der Waals surface area contributed by atoms with Gasteiger partial charge in [0.2, 0.25) is 17.7 Å².